The summed E-state index contributed by atoms with van der Waals surface area (Å²) >= 11 is 4.84. The van der Waals surface area contributed by atoms with E-state index in [0.29, 0.717) is 11.5 Å². The standard InChI is InChI=1S/C10H18O3S/c1-6(2)9(13-8(4)14)5-7(3)10(11)12/h6-7,9H,5H2,1-4H3,(H,11,12). The van der Waals surface area contributed by atoms with Crippen LogP contribution in [0.1, 0.15) is 34.1 Å². The van der Waals surface area contributed by atoms with Gasteiger partial charge in [0.05, 0.1) is 5.92 Å². The monoisotopic (exact) mass is 218 g/mol. The number of carboxylic acids is 1. The first kappa shape index (κ1) is 13.4. The fourth-order valence-electron chi connectivity index (χ4n) is 1.12. The zero-order chi connectivity index (χ0) is 11.3. The molecular formula is C10H18O3S. The average molecular weight is 218 g/mol. The van der Waals surface area contributed by atoms with E-state index in [0.717, 1.165) is 0 Å². The van der Waals surface area contributed by atoms with Gasteiger partial charge in [-0.25, -0.2) is 0 Å². The van der Waals surface area contributed by atoms with E-state index in [-0.39, 0.29) is 12.0 Å². The minimum atomic E-state index is -0.790. The molecule has 0 amide bonds. The quantitative estimate of drug-likeness (QED) is 0.720. The lowest BCUT2D eigenvalue weighted by molar-refractivity contribution is -0.142. The molecule has 0 bridgehead atoms. The highest BCUT2D eigenvalue weighted by molar-refractivity contribution is 7.80. The van der Waals surface area contributed by atoms with Gasteiger partial charge in [0.1, 0.15) is 6.10 Å². The highest BCUT2D eigenvalue weighted by Gasteiger charge is 2.22. The van der Waals surface area contributed by atoms with Gasteiger partial charge in [-0.3, -0.25) is 4.79 Å². The lowest BCUT2D eigenvalue weighted by Crippen LogP contribution is -2.26. The molecule has 0 saturated heterocycles. The Morgan fingerprint density at radius 1 is 1.43 bits per heavy atom. The topological polar surface area (TPSA) is 46.5 Å². The molecule has 0 fully saturated rings. The molecule has 0 aromatic carbocycles. The molecule has 3 nitrogen and oxygen atoms in total. The summed E-state index contributed by atoms with van der Waals surface area (Å²) in [7, 11) is 0. The normalized spacial score (nSPS) is 14.9. The van der Waals surface area contributed by atoms with Gasteiger partial charge in [-0.2, -0.15) is 0 Å². The molecule has 0 radical (unpaired) electrons. The summed E-state index contributed by atoms with van der Waals surface area (Å²) in [5.41, 5.74) is 0. The van der Waals surface area contributed by atoms with Crippen LogP contribution in [-0.2, 0) is 9.53 Å². The molecule has 0 aliphatic carbocycles. The number of rotatable bonds is 5. The van der Waals surface area contributed by atoms with Crippen LogP contribution in [0.2, 0.25) is 0 Å². The molecule has 14 heavy (non-hydrogen) atoms. The smallest absolute Gasteiger partial charge is 0.306 e. The van der Waals surface area contributed by atoms with Crippen LogP contribution in [-0.4, -0.2) is 22.2 Å². The second kappa shape index (κ2) is 5.96. The van der Waals surface area contributed by atoms with Crippen LogP contribution in [0, 0.1) is 11.8 Å². The van der Waals surface area contributed by atoms with Gasteiger partial charge in [-0.1, -0.05) is 20.8 Å². The lowest BCUT2D eigenvalue weighted by Gasteiger charge is -2.23. The maximum Gasteiger partial charge on any atom is 0.306 e. The van der Waals surface area contributed by atoms with Gasteiger partial charge in [-0.05, 0) is 24.6 Å². The van der Waals surface area contributed by atoms with Crippen molar-refractivity contribution in [2.75, 3.05) is 0 Å². The van der Waals surface area contributed by atoms with Crippen LogP contribution in [0.3, 0.4) is 0 Å². The number of hydrogen-bond donors (Lipinski definition) is 1. The Kier molecular flexibility index (Phi) is 5.69. The molecule has 2 unspecified atom stereocenters. The van der Waals surface area contributed by atoms with Crippen LogP contribution in [0.4, 0.5) is 0 Å². The van der Waals surface area contributed by atoms with Gasteiger partial charge in [0.25, 0.3) is 0 Å². The molecule has 0 aliphatic rings. The highest BCUT2D eigenvalue weighted by atomic mass is 32.1. The predicted octanol–water partition coefficient (Wildman–Crippen LogP) is 2.49. The van der Waals surface area contributed by atoms with Crippen molar-refractivity contribution in [1.82, 2.24) is 0 Å². The number of ether oxygens (including phenoxy) is 1. The molecule has 4 heteroatoms. The van der Waals surface area contributed by atoms with Crippen LogP contribution < -0.4 is 0 Å². The summed E-state index contributed by atoms with van der Waals surface area (Å²) in [5.74, 6) is -0.910. The first-order valence-electron chi connectivity index (χ1n) is 4.74. The molecule has 2 atom stereocenters. The molecule has 82 valence electrons. The maximum atomic E-state index is 10.7. The van der Waals surface area contributed by atoms with Crippen molar-refractivity contribution in [3.05, 3.63) is 0 Å². The lowest BCUT2D eigenvalue weighted by atomic mass is 9.96. The molecule has 0 saturated carbocycles. The van der Waals surface area contributed by atoms with Crippen molar-refractivity contribution < 1.29 is 14.6 Å². The fraction of sp³-hybridized carbons (Fsp3) is 0.800. The second-order valence-electron chi connectivity index (χ2n) is 3.87. The molecule has 0 aromatic rings. The van der Waals surface area contributed by atoms with E-state index in [4.69, 9.17) is 22.1 Å². The Hall–Kier alpha value is -0.640. The van der Waals surface area contributed by atoms with Crippen molar-refractivity contribution in [2.24, 2.45) is 11.8 Å². The Labute approximate surface area is 90.5 Å². The van der Waals surface area contributed by atoms with Crippen LogP contribution in [0.15, 0.2) is 0 Å². The number of carboxylic acid groups (broad SMARTS) is 1. The third kappa shape index (κ3) is 5.17. The zero-order valence-corrected chi connectivity index (χ0v) is 9.93. The number of thiocarbonyl (C=S) groups is 1. The molecule has 0 heterocycles. The summed E-state index contributed by atoms with van der Waals surface area (Å²) in [4.78, 5) is 10.7. The van der Waals surface area contributed by atoms with Crippen molar-refractivity contribution in [3.63, 3.8) is 0 Å². The van der Waals surface area contributed by atoms with E-state index in [1.807, 2.05) is 13.8 Å². The Bertz CT molecular complexity index is 213. The summed E-state index contributed by atoms with van der Waals surface area (Å²) < 4.78 is 5.40. The van der Waals surface area contributed by atoms with E-state index in [1.165, 1.54) is 0 Å². The Morgan fingerprint density at radius 2 is 1.93 bits per heavy atom. The summed E-state index contributed by atoms with van der Waals surface area (Å²) in [6.07, 6.45) is 0.402. The van der Waals surface area contributed by atoms with Crippen LogP contribution in [0.5, 0.6) is 0 Å². The minimum Gasteiger partial charge on any atom is -0.484 e. The van der Waals surface area contributed by atoms with Gasteiger partial charge in [0.15, 0.2) is 5.05 Å². The maximum absolute atomic E-state index is 10.7. The first-order chi connectivity index (χ1) is 6.34. The molecule has 0 aliphatic heterocycles. The van der Waals surface area contributed by atoms with Gasteiger partial charge >= 0.3 is 5.97 Å². The van der Waals surface area contributed by atoms with Crippen molar-refractivity contribution in [3.8, 4) is 0 Å². The zero-order valence-electron chi connectivity index (χ0n) is 9.11. The highest BCUT2D eigenvalue weighted by Crippen LogP contribution is 2.17. The van der Waals surface area contributed by atoms with Crippen LogP contribution in [0.25, 0.3) is 0 Å². The van der Waals surface area contributed by atoms with Gasteiger partial charge in [-0.15, -0.1) is 0 Å². The summed E-state index contributed by atoms with van der Waals surface area (Å²) in [6, 6.07) is 0. The van der Waals surface area contributed by atoms with E-state index in [1.54, 1.807) is 13.8 Å². The third-order valence-electron chi connectivity index (χ3n) is 2.07. The number of carbonyl (C=O) groups is 1. The van der Waals surface area contributed by atoms with Gasteiger partial charge in [0, 0.05) is 6.92 Å². The largest absolute Gasteiger partial charge is 0.484 e. The second-order valence-corrected chi connectivity index (χ2v) is 4.44. The molecular weight excluding hydrogens is 200 g/mol. The summed E-state index contributed by atoms with van der Waals surface area (Å²) in [5, 5.41) is 9.23. The van der Waals surface area contributed by atoms with Crippen LogP contribution >= 0.6 is 12.2 Å². The summed E-state index contributed by atoms with van der Waals surface area (Å²) in [6.45, 7) is 7.38. The van der Waals surface area contributed by atoms with Crippen molar-refractivity contribution in [1.29, 1.82) is 0 Å². The van der Waals surface area contributed by atoms with Gasteiger partial charge in [0.2, 0.25) is 0 Å². The SMILES string of the molecule is CC(=S)OC(CC(C)C(=O)O)C(C)C. The molecule has 0 spiro atoms. The Morgan fingerprint density at radius 3 is 2.21 bits per heavy atom. The molecule has 0 aromatic heterocycles. The van der Waals surface area contributed by atoms with E-state index < -0.39 is 11.9 Å². The fourth-order valence-corrected chi connectivity index (χ4v) is 1.24. The predicted molar refractivity (Wildman–Crippen MR) is 59.4 cm³/mol. The van der Waals surface area contributed by atoms with E-state index in [2.05, 4.69) is 0 Å². The number of aliphatic carboxylic acids is 1. The van der Waals surface area contributed by atoms with E-state index >= 15 is 0 Å². The minimum absolute atomic E-state index is 0.0985. The number of hydrogen-bond acceptors (Lipinski definition) is 3. The van der Waals surface area contributed by atoms with E-state index in [9.17, 15) is 4.79 Å². The van der Waals surface area contributed by atoms with Crippen molar-refractivity contribution in [2.45, 2.75) is 40.2 Å². The molecule has 0 rings (SSSR count). The average Bonchev–Trinajstić information content (AvgIpc) is 2.01. The molecule has 1 N–H and O–H groups in total. The Balaban J connectivity index is 4.22. The third-order valence-corrected chi connectivity index (χ3v) is 2.16. The van der Waals surface area contributed by atoms with Gasteiger partial charge < -0.3 is 9.84 Å². The van der Waals surface area contributed by atoms with Crippen molar-refractivity contribution >= 4 is 23.2 Å². The first-order valence-corrected chi connectivity index (χ1v) is 5.15.